The molecule has 0 radical (unpaired) electrons. The lowest BCUT2D eigenvalue weighted by atomic mass is 9.94. The first-order valence-electron chi connectivity index (χ1n) is 6.71. The van der Waals surface area contributed by atoms with Crippen LogP contribution in [0.15, 0.2) is 24.3 Å². The normalized spacial score (nSPS) is 24.7. The van der Waals surface area contributed by atoms with Crippen LogP contribution in [-0.4, -0.2) is 18.9 Å². The van der Waals surface area contributed by atoms with Crippen molar-refractivity contribution in [3.8, 4) is 0 Å². The Bertz CT molecular complexity index is 409. The molecule has 0 amide bonds. The van der Waals surface area contributed by atoms with Crippen molar-refractivity contribution in [2.45, 2.75) is 44.1 Å². The number of nitrogens with zero attached hydrogens (tertiary/aromatic N) is 1. The van der Waals surface area contributed by atoms with E-state index in [0.717, 1.165) is 12.8 Å². The number of anilines is 1. The summed E-state index contributed by atoms with van der Waals surface area (Å²) in [6.45, 7) is 0.896. The summed E-state index contributed by atoms with van der Waals surface area (Å²) in [7, 11) is 0. The lowest BCUT2D eigenvalue weighted by molar-refractivity contribution is -0.108. The molecule has 1 atom stereocenters. The fourth-order valence-electron chi connectivity index (χ4n) is 3.33. The molecule has 1 fully saturated rings. The average molecular weight is 229 g/mol. The van der Waals surface area contributed by atoms with Crippen LogP contribution in [-0.2, 0) is 4.79 Å². The summed E-state index contributed by atoms with van der Waals surface area (Å²) in [5.74, 6) is 0.0909. The van der Waals surface area contributed by atoms with Crippen molar-refractivity contribution in [2.24, 2.45) is 0 Å². The van der Waals surface area contributed by atoms with Crippen LogP contribution in [0.2, 0.25) is 0 Å². The predicted octanol–water partition coefficient (Wildman–Crippen LogP) is 3.12. The highest BCUT2D eigenvalue weighted by Crippen LogP contribution is 2.39. The third-order valence-electron chi connectivity index (χ3n) is 4.22. The molecule has 1 aliphatic carbocycles. The van der Waals surface area contributed by atoms with Crippen molar-refractivity contribution >= 4 is 12.0 Å². The minimum Gasteiger partial charge on any atom is -0.367 e. The van der Waals surface area contributed by atoms with Gasteiger partial charge in [0, 0.05) is 18.3 Å². The monoisotopic (exact) mass is 229 g/mol. The second-order valence-corrected chi connectivity index (χ2v) is 5.25. The number of aldehydes is 1. The first-order valence-corrected chi connectivity index (χ1v) is 6.71. The summed E-state index contributed by atoms with van der Waals surface area (Å²) >= 11 is 0. The quantitative estimate of drug-likeness (QED) is 0.726. The largest absolute Gasteiger partial charge is 0.367 e. The van der Waals surface area contributed by atoms with Gasteiger partial charge < -0.3 is 9.69 Å². The lowest BCUT2D eigenvalue weighted by Gasteiger charge is -2.33. The minimum absolute atomic E-state index is 0.0909. The number of para-hydroxylation sites is 1. The Morgan fingerprint density at radius 3 is 2.65 bits per heavy atom. The topological polar surface area (TPSA) is 20.3 Å². The molecular weight excluding hydrogens is 210 g/mol. The molecule has 1 saturated carbocycles. The van der Waals surface area contributed by atoms with E-state index < -0.39 is 0 Å². The lowest BCUT2D eigenvalue weighted by Crippen LogP contribution is -2.36. The van der Waals surface area contributed by atoms with Gasteiger partial charge in [0.15, 0.2) is 0 Å². The van der Waals surface area contributed by atoms with E-state index in [2.05, 4.69) is 23.1 Å². The molecule has 1 aliphatic heterocycles. The van der Waals surface area contributed by atoms with Gasteiger partial charge in [0.05, 0.1) is 5.92 Å². The second kappa shape index (κ2) is 4.52. The van der Waals surface area contributed by atoms with Crippen molar-refractivity contribution in [3.63, 3.8) is 0 Å². The van der Waals surface area contributed by atoms with Gasteiger partial charge in [-0.1, -0.05) is 37.5 Å². The molecule has 2 aliphatic rings. The van der Waals surface area contributed by atoms with Crippen molar-refractivity contribution in [1.29, 1.82) is 0 Å². The van der Waals surface area contributed by atoms with Gasteiger partial charge in [0.2, 0.25) is 0 Å². The summed E-state index contributed by atoms with van der Waals surface area (Å²) in [4.78, 5) is 13.7. The molecule has 0 saturated heterocycles. The van der Waals surface area contributed by atoms with Crippen molar-refractivity contribution in [2.75, 3.05) is 11.4 Å². The highest BCUT2D eigenvalue weighted by molar-refractivity contribution is 5.74. The molecule has 0 N–H and O–H groups in total. The van der Waals surface area contributed by atoms with E-state index in [4.69, 9.17) is 0 Å². The van der Waals surface area contributed by atoms with Crippen LogP contribution in [0.1, 0.15) is 43.6 Å². The number of fused-ring (bicyclic) bond motifs is 1. The number of carbonyl (C=O) groups is 1. The zero-order valence-electron chi connectivity index (χ0n) is 10.1. The maximum Gasteiger partial charge on any atom is 0.129 e. The van der Waals surface area contributed by atoms with E-state index in [1.165, 1.54) is 43.4 Å². The summed E-state index contributed by atoms with van der Waals surface area (Å²) < 4.78 is 0. The Morgan fingerprint density at radius 2 is 1.88 bits per heavy atom. The third-order valence-corrected chi connectivity index (χ3v) is 4.22. The van der Waals surface area contributed by atoms with Crippen LogP contribution in [0.3, 0.4) is 0 Å². The van der Waals surface area contributed by atoms with Crippen molar-refractivity contribution in [1.82, 2.24) is 0 Å². The number of hydrogen-bond donors (Lipinski definition) is 0. The van der Waals surface area contributed by atoms with Gasteiger partial charge >= 0.3 is 0 Å². The molecule has 0 bridgehead atoms. The second-order valence-electron chi connectivity index (χ2n) is 5.25. The Balaban J connectivity index is 1.89. The van der Waals surface area contributed by atoms with Crippen molar-refractivity contribution < 1.29 is 4.79 Å². The molecule has 90 valence electrons. The SMILES string of the molecule is O=CC1CN(C2CCCCC2)c2ccccc21. The molecule has 3 rings (SSSR count). The first kappa shape index (κ1) is 10.8. The van der Waals surface area contributed by atoms with Crippen LogP contribution in [0.4, 0.5) is 5.69 Å². The summed E-state index contributed by atoms with van der Waals surface area (Å²) in [5.41, 5.74) is 2.53. The number of rotatable bonds is 2. The molecule has 1 unspecified atom stereocenters. The zero-order chi connectivity index (χ0) is 11.7. The molecule has 1 aromatic rings. The van der Waals surface area contributed by atoms with E-state index in [1.807, 2.05) is 6.07 Å². The third kappa shape index (κ3) is 1.86. The van der Waals surface area contributed by atoms with Gasteiger partial charge in [-0.2, -0.15) is 0 Å². The van der Waals surface area contributed by atoms with E-state index in [0.29, 0.717) is 6.04 Å². The maximum atomic E-state index is 11.2. The Morgan fingerprint density at radius 1 is 1.12 bits per heavy atom. The van der Waals surface area contributed by atoms with Gasteiger partial charge in [-0.05, 0) is 24.5 Å². The molecule has 17 heavy (non-hydrogen) atoms. The Labute approximate surface area is 103 Å². The van der Waals surface area contributed by atoms with E-state index >= 15 is 0 Å². The molecule has 0 aromatic heterocycles. The van der Waals surface area contributed by atoms with Crippen LogP contribution < -0.4 is 4.90 Å². The molecule has 1 heterocycles. The zero-order valence-corrected chi connectivity index (χ0v) is 10.1. The van der Waals surface area contributed by atoms with Crippen LogP contribution in [0, 0.1) is 0 Å². The minimum atomic E-state index is 0.0909. The van der Waals surface area contributed by atoms with E-state index in [-0.39, 0.29) is 5.92 Å². The summed E-state index contributed by atoms with van der Waals surface area (Å²) in [6, 6.07) is 9.07. The van der Waals surface area contributed by atoms with Gasteiger partial charge in [-0.3, -0.25) is 0 Å². The van der Waals surface area contributed by atoms with Crippen LogP contribution in [0.25, 0.3) is 0 Å². The number of carbonyl (C=O) groups excluding carboxylic acids is 1. The molecular formula is C15H19NO. The fourth-order valence-corrected chi connectivity index (χ4v) is 3.33. The molecule has 2 heteroatoms. The number of benzene rings is 1. The fraction of sp³-hybridized carbons (Fsp3) is 0.533. The molecule has 1 aromatic carbocycles. The highest BCUT2D eigenvalue weighted by Gasteiger charge is 2.32. The van der Waals surface area contributed by atoms with Crippen LogP contribution in [0.5, 0.6) is 0 Å². The molecule has 2 nitrogen and oxygen atoms in total. The summed E-state index contributed by atoms with van der Waals surface area (Å²) in [5, 5.41) is 0. The van der Waals surface area contributed by atoms with E-state index in [9.17, 15) is 4.79 Å². The molecule has 0 spiro atoms. The van der Waals surface area contributed by atoms with Gasteiger partial charge in [-0.15, -0.1) is 0 Å². The first-order chi connectivity index (χ1) is 8.40. The summed E-state index contributed by atoms with van der Waals surface area (Å²) in [6.07, 6.45) is 7.76. The van der Waals surface area contributed by atoms with Crippen molar-refractivity contribution in [3.05, 3.63) is 29.8 Å². The predicted molar refractivity (Wildman–Crippen MR) is 69.5 cm³/mol. The van der Waals surface area contributed by atoms with Crippen LogP contribution >= 0.6 is 0 Å². The average Bonchev–Trinajstić information content (AvgIpc) is 2.78. The van der Waals surface area contributed by atoms with E-state index in [1.54, 1.807) is 0 Å². The van der Waals surface area contributed by atoms with Gasteiger partial charge in [0.1, 0.15) is 6.29 Å². The van der Waals surface area contributed by atoms with Gasteiger partial charge in [-0.25, -0.2) is 0 Å². The smallest absolute Gasteiger partial charge is 0.129 e. The number of hydrogen-bond acceptors (Lipinski definition) is 2. The van der Waals surface area contributed by atoms with Gasteiger partial charge in [0.25, 0.3) is 0 Å². The standard InChI is InChI=1S/C15H19NO/c17-11-12-10-16(13-6-2-1-3-7-13)15-9-5-4-8-14(12)15/h4-5,8-9,11-13H,1-3,6-7,10H2. The highest BCUT2D eigenvalue weighted by atomic mass is 16.1. The Kier molecular flexibility index (Phi) is 2.87. The Hall–Kier alpha value is -1.31. The maximum absolute atomic E-state index is 11.2.